The van der Waals surface area contributed by atoms with Gasteiger partial charge in [-0.25, -0.2) is 9.97 Å². The van der Waals surface area contributed by atoms with Crippen molar-refractivity contribution in [3.63, 3.8) is 0 Å². The molecule has 2 aromatic carbocycles. The molecule has 0 amide bonds. The molecule has 1 aliphatic heterocycles. The first-order chi connectivity index (χ1) is 16.6. The van der Waals surface area contributed by atoms with Gasteiger partial charge in [-0.2, -0.15) is 4.68 Å². The number of para-hydroxylation sites is 1. The topological polar surface area (TPSA) is 92.0 Å². The number of imidazole rings is 1. The quantitative estimate of drug-likeness (QED) is 0.409. The van der Waals surface area contributed by atoms with Gasteiger partial charge in [-0.3, -0.25) is 9.48 Å². The van der Waals surface area contributed by atoms with Crippen molar-refractivity contribution >= 4 is 33.3 Å². The zero-order chi connectivity index (χ0) is 23.2. The highest BCUT2D eigenvalue weighted by Crippen LogP contribution is 2.24. The zero-order valence-electron chi connectivity index (χ0n) is 18.4. The maximum absolute atomic E-state index is 13.9. The van der Waals surface area contributed by atoms with Gasteiger partial charge in [0.25, 0.3) is 5.56 Å². The molecule has 0 spiro atoms. The molecule has 5 aromatic rings. The van der Waals surface area contributed by atoms with Crippen molar-refractivity contribution in [2.45, 2.75) is 26.2 Å². The molecule has 34 heavy (non-hydrogen) atoms. The summed E-state index contributed by atoms with van der Waals surface area (Å²) in [6.07, 6.45) is 4.25. The van der Waals surface area contributed by atoms with Crippen molar-refractivity contribution in [2.75, 3.05) is 0 Å². The van der Waals surface area contributed by atoms with E-state index in [-0.39, 0.29) is 5.56 Å². The number of aromatic amines is 1. The summed E-state index contributed by atoms with van der Waals surface area (Å²) in [4.78, 5) is 27.8. The van der Waals surface area contributed by atoms with Crippen LogP contribution in [0.1, 0.15) is 18.3 Å². The van der Waals surface area contributed by atoms with Crippen molar-refractivity contribution in [1.29, 1.82) is 0 Å². The molecule has 0 radical (unpaired) electrons. The standard InChI is InChI=1S/C25H22N6O2S/c1-16-23-19(13-22(32)29(16)15-21-26-11-12-27-21)30(14-17-7-3-2-4-8-17)31(24(23)33)25-28-18-9-5-6-10-20(18)34-25/h2-13,22,32H,14-15H2,1H3,(H,26,27). The highest BCUT2D eigenvalue weighted by atomic mass is 32.1. The predicted molar refractivity (Wildman–Crippen MR) is 132 cm³/mol. The molecular weight excluding hydrogens is 448 g/mol. The van der Waals surface area contributed by atoms with Crippen LogP contribution in [-0.4, -0.2) is 40.5 Å². The number of hydrogen-bond donors (Lipinski definition) is 2. The van der Waals surface area contributed by atoms with Crippen molar-refractivity contribution in [1.82, 2.24) is 29.2 Å². The number of fused-ring (bicyclic) bond motifs is 2. The number of nitrogens with one attached hydrogen (secondary N) is 1. The van der Waals surface area contributed by atoms with E-state index >= 15 is 0 Å². The van der Waals surface area contributed by atoms with E-state index in [0.717, 1.165) is 15.8 Å². The molecular formula is C25H22N6O2S. The van der Waals surface area contributed by atoms with Gasteiger partial charge in [0.1, 0.15) is 12.1 Å². The van der Waals surface area contributed by atoms with Crippen LogP contribution >= 0.6 is 11.3 Å². The Labute approximate surface area is 198 Å². The third-order valence-corrected chi connectivity index (χ3v) is 7.13. The minimum Gasteiger partial charge on any atom is -0.370 e. The third-order valence-electron chi connectivity index (χ3n) is 6.11. The number of thiazole rings is 1. The first-order valence-corrected chi connectivity index (χ1v) is 11.8. The molecule has 1 unspecified atom stereocenters. The van der Waals surface area contributed by atoms with Crippen LogP contribution in [0.2, 0.25) is 0 Å². The molecule has 170 valence electrons. The lowest BCUT2D eigenvalue weighted by atomic mass is 10.2. The van der Waals surface area contributed by atoms with Crippen LogP contribution in [0, 0.1) is 0 Å². The van der Waals surface area contributed by atoms with Gasteiger partial charge < -0.3 is 15.0 Å². The largest absolute Gasteiger partial charge is 0.370 e. The average molecular weight is 471 g/mol. The highest BCUT2D eigenvalue weighted by Gasteiger charge is 2.26. The van der Waals surface area contributed by atoms with Gasteiger partial charge in [0, 0.05) is 18.1 Å². The molecule has 2 N–H and O–H groups in total. The number of aliphatic hydroxyl groups excluding tert-OH is 1. The lowest BCUT2D eigenvalue weighted by Crippen LogP contribution is -2.49. The van der Waals surface area contributed by atoms with E-state index in [1.807, 2.05) is 66.2 Å². The summed E-state index contributed by atoms with van der Waals surface area (Å²) in [6, 6.07) is 17.8. The van der Waals surface area contributed by atoms with Gasteiger partial charge in [0.05, 0.1) is 33.9 Å². The van der Waals surface area contributed by atoms with Crippen LogP contribution in [0.5, 0.6) is 0 Å². The Morgan fingerprint density at radius 1 is 1.09 bits per heavy atom. The average Bonchev–Trinajstić information content (AvgIpc) is 3.56. The van der Waals surface area contributed by atoms with E-state index in [2.05, 4.69) is 9.97 Å². The van der Waals surface area contributed by atoms with Crippen molar-refractivity contribution in [3.8, 4) is 5.13 Å². The molecule has 0 bridgehead atoms. The normalized spacial score (nSPS) is 15.5. The fourth-order valence-electron chi connectivity index (χ4n) is 4.46. The Hall–Kier alpha value is -3.95. The Balaban J connectivity index is 1.60. The Kier molecular flexibility index (Phi) is 4.93. The van der Waals surface area contributed by atoms with Gasteiger partial charge in [-0.05, 0) is 30.7 Å². The second kappa shape index (κ2) is 8.12. The van der Waals surface area contributed by atoms with E-state index in [9.17, 15) is 9.90 Å². The maximum atomic E-state index is 13.9. The van der Waals surface area contributed by atoms with Crippen molar-refractivity contribution in [3.05, 3.63) is 99.3 Å². The monoisotopic (exact) mass is 470 g/mol. The van der Waals surface area contributed by atoms with Gasteiger partial charge in [-0.15, -0.1) is 0 Å². The first kappa shape index (κ1) is 20.6. The molecule has 0 saturated heterocycles. The minimum absolute atomic E-state index is 0.157. The lowest BCUT2D eigenvalue weighted by Gasteiger charge is -2.29. The molecule has 6 rings (SSSR count). The van der Waals surface area contributed by atoms with Gasteiger partial charge in [0.2, 0.25) is 5.13 Å². The highest BCUT2D eigenvalue weighted by molar-refractivity contribution is 7.20. The summed E-state index contributed by atoms with van der Waals surface area (Å²) < 4.78 is 4.58. The van der Waals surface area contributed by atoms with E-state index in [1.54, 1.807) is 28.1 Å². The Morgan fingerprint density at radius 2 is 1.88 bits per heavy atom. The molecule has 9 heteroatoms. The number of benzene rings is 2. The summed E-state index contributed by atoms with van der Waals surface area (Å²) in [7, 11) is 0. The van der Waals surface area contributed by atoms with Crippen LogP contribution in [0.25, 0.3) is 27.1 Å². The van der Waals surface area contributed by atoms with Crippen molar-refractivity contribution < 1.29 is 5.11 Å². The maximum Gasteiger partial charge on any atom is 0.283 e. The SMILES string of the molecule is CC1=c2c(n(Cc3ccccc3)n(-c3nc4ccccc4s3)c2=O)=CC(O)N1Cc1ncc[nH]1. The second-order valence-corrected chi connectivity index (χ2v) is 9.22. The molecule has 8 nitrogen and oxygen atoms in total. The zero-order valence-corrected chi connectivity index (χ0v) is 19.2. The van der Waals surface area contributed by atoms with Crippen LogP contribution in [0.15, 0.2) is 71.8 Å². The smallest absolute Gasteiger partial charge is 0.283 e. The summed E-state index contributed by atoms with van der Waals surface area (Å²) in [5, 5.41) is 12.9. The molecule has 3 aromatic heterocycles. The number of aromatic nitrogens is 5. The van der Waals surface area contributed by atoms with E-state index in [1.165, 1.54) is 11.3 Å². The van der Waals surface area contributed by atoms with Crippen LogP contribution < -0.4 is 16.1 Å². The third kappa shape index (κ3) is 3.37. The molecule has 1 aliphatic rings. The summed E-state index contributed by atoms with van der Waals surface area (Å²) in [6.45, 7) is 2.70. The molecule has 0 saturated carbocycles. The van der Waals surface area contributed by atoms with Gasteiger partial charge in [-0.1, -0.05) is 53.8 Å². The fraction of sp³-hybridized carbons (Fsp3) is 0.160. The summed E-state index contributed by atoms with van der Waals surface area (Å²) in [5.41, 5.74) is 2.45. The van der Waals surface area contributed by atoms with Crippen LogP contribution in [0.3, 0.4) is 0 Å². The van der Waals surface area contributed by atoms with E-state index in [0.29, 0.717) is 40.3 Å². The number of aliphatic hydroxyl groups is 1. The molecule has 0 fully saturated rings. The number of rotatable bonds is 5. The van der Waals surface area contributed by atoms with Crippen molar-refractivity contribution in [2.24, 2.45) is 0 Å². The number of nitrogens with zero attached hydrogens (tertiary/aromatic N) is 5. The minimum atomic E-state index is -0.898. The van der Waals surface area contributed by atoms with Crippen LogP contribution in [-0.2, 0) is 13.1 Å². The number of H-pyrrole nitrogens is 1. The summed E-state index contributed by atoms with van der Waals surface area (Å²) >= 11 is 1.48. The predicted octanol–water partition coefficient (Wildman–Crippen LogP) is 1.76. The second-order valence-electron chi connectivity index (χ2n) is 8.21. The first-order valence-electron chi connectivity index (χ1n) is 11.0. The Bertz CT molecular complexity index is 1630. The van der Waals surface area contributed by atoms with Gasteiger partial charge >= 0.3 is 0 Å². The lowest BCUT2D eigenvalue weighted by molar-refractivity contribution is 0.0906. The van der Waals surface area contributed by atoms with Crippen LogP contribution in [0.4, 0.5) is 0 Å². The summed E-state index contributed by atoms with van der Waals surface area (Å²) in [5.74, 6) is 0.713. The molecule has 4 heterocycles. The number of hydrogen-bond acceptors (Lipinski definition) is 6. The van der Waals surface area contributed by atoms with Gasteiger partial charge in [0.15, 0.2) is 0 Å². The molecule has 1 atom stereocenters. The van der Waals surface area contributed by atoms with E-state index in [4.69, 9.17) is 4.98 Å². The Morgan fingerprint density at radius 3 is 2.65 bits per heavy atom. The molecule has 0 aliphatic carbocycles. The van der Waals surface area contributed by atoms with E-state index < -0.39 is 6.23 Å². The fourth-order valence-corrected chi connectivity index (χ4v) is 5.43.